The molecular formula is C9H15F. The van der Waals surface area contributed by atoms with Crippen molar-refractivity contribution in [3.63, 3.8) is 0 Å². The molecule has 0 radical (unpaired) electrons. The van der Waals surface area contributed by atoms with Crippen LogP contribution in [0.5, 0.6) is 0 Å². The fourth-order valence-electron chi connectivity index (χ4n) is 0.776. The lowest BCUT2D eigenvalue weighted by atomic mass is 10.2. The molecule has 0 amide bonds. The first-order valence-electron chi connectivity index (χ1n) is 3.93. The number of halogens is 1. The normalized spacial score (nSPS) is 8.60. The Morgan fingerprint density at radius 2 is 1.90 bits per heavy atom. The second-order valence-corrected chi connectivity index (χ2v) is 2.30. The first kappa shape index (κ1) is 9.49. The highest BCUT2D eigenvalue weighted by Gasteiger charge is 1.82. The number of unbranched alkanes of at least 4 members (excludes halogenated alkanes) is 4. The Labute approximate surface area is 62.8 Å². The number of rotatable bonds is 4. The van der Waals surface area contributed by atoms with E-state index in [2.05, 4.69) is 18.8 Å². The summed E-state index contributed by atoms with van der Waals surface area (Å²) < 4.78 is 11.4. The van der Waals surface area contributed by atoms with Crippen LogP contribution in [0.3, 0.4) is 0 Å². The summed E-state index contributed by atoms with van der Waals surface area (Å²) in [6.07, 6.45) is 5.75. The summed E-state index contributed by atoms with van der Waals surface area (Å²) in [6, 6.07) is 0. The van der Waals surface area contributed by atoms with Crippen molar-refractivity contribution in [3.05, 3.63) is 0 Å². The molecule has 0 nitrogen and oxygen atoms in total. The van der Waals surface area contributed by atoms with Gasteiger partial charge >= 0.3 is 0 Å². The third-order valence-electron chi connectivity index (χ3n) is 1.35. The SMILES string of the molecule is CCCCCCC#CCF. The quantitative estimate of drug-likeness (QED) is 0.418. The van der Waals surface area contributed by atoms with Crippen LogP contribution in [0.4, 0.5) is 4.39 Å². The Morgan fingerprint density at radius 3 is 2.50 bits per heavy atom. The van der Waals surface area contributed by atoms with E-state index in [9.17, 15) is 4.39 Å². The lowest BCUT2D eigenvalue weighted by Gasteiger charge is -1.91. The van der Waals surface area contributed by atoms with Gasteiger partial charge in [-0.25, -0.2) is 4.39 Å². The van der Waals surface area contributed by atoms with Crippen LogP contribution < -0.4 is 0 Å². The average Bonchev–Trinajstić information content (AvgIpc) is 1.97. The van der Waals surface area contributed by atoms with Crippen LogP contribution >= 0.6 is 0 Å². The van der Waals surface area contributed by atoms with Gasteiger partial charge in [-0.3, -0.25) is 0 Å². The van der Waals surface area contributed by atoms with Crippen LogP contribution in [0.25, 0.3) is 0 Å². The monoisotopic (exact) mass is 142 g/mol. The molecule has 0 spiro atoms. The van der Waals surface area contributed by atoms with Crippen molar-refractivity contribution in [2.24, 2.45) is 0 Å². The Morgan fingerprint density at radius 1 is 1.10 bits per heavy atom. The molecule has 58 valence electrons. The van der Waals surface area contributed by atoms with Crippen LogP contribution in [0.15, 0.2) is 0 Å². The lowest BCUT2D eigenvalue weighted by molar-refractivity contribution is 0.572. The molecule has 0 aliphatic heterocycles. The summed E-state index contributed by atoms with van der Waals surface area (Å²) >= 11 is 0. The molecule has 0 fully saturated rings. The minimum absolute atomic E-state index is 0.492. The molecule has 10 heavy (non-hydrogen) atoms. The van der Waals surface area contributed by atoms with E-state index in [-0.39, 0.29) is 0 Å². The van der Waals surface area contributed by atoms with E-state index in [1.807, 2.05) is 0 Å². The summed E-state index contributed by atoms with van der Waals surface area (Å²) in [5, 5.41) is 0. The van der Waals surface area contributed by atoms with Gasteiger partial charge in [0.1, 0.15) is 6.67 Å². The van der Waals surface area contributed by atoms with Crippen molar-refractivity contribution in [3.8, 4) is 11.8 Å². The summed E-state index contributed by atoms with van der Waals surface area (Å²) in [4.78, 5) is 0. The molecule has 0 N–H and O–H groups in total. The van der Waals surface area contributed by atoms with Crippen molar-refractivity contribution >= 4 is 0 Å². The summed E-state index contributed by atoms with van der Waals surface area (Å²) in [5.74, 6) is 5.18. The van der Waals surface area contributed by atoms with Crippen LogP contribution in [0, 0.1) is 11.8 Å². The maximum absolute atomic E-state index is 11.4. The van der Waals surface area contributed by atoms with E-state index < -0.39 is 6.67 Å². The van der Waals surface area contributed by atoms with E-state index in [1.54, 1.807) is 0 Å². The van der Waals surface area contributed by atoms with Gasteiger partial charge in [0.05, 0.1) is 0 Å². The molecular weight excluding hydrogens is 127 g/mol. The van der Waals surface area contributed by atoms with Gasteiger partial charge in [0.15, 0.2) is 0 Å². The van der Waals surface area contributed by atoms with Crippen molar-refractivity contribution in [1.82, 2.24) is 0 Å². The van der Waals surface area contributed by atoms with Gasteiger partial charge in [-0.15, -0.1) is 5.92 Å². The van der Waals surface area contributed by atoms with Crippen molar-refractivity contribution < 1.29 is 4.39 Å². The topological polar surface area (TPSA) is 0 Å². The minimum Gasteiger partial charge on any atom is -0.237 e. The van der Waals surface area contributed by atoms with Gasteiger partial charge in [-0.2, -0.15) is 0 Å². The highest BCUT2D eigenvalue weighted by Crippen LogP contribution is 2.00. The van der Waals surface area contributed by atoms with Crippen LogP contribution in [0.2, 0.25) is 0 Å². The molecule has 0 saturated heterocycles. The fourth-order valence-corrected chi connectivity index (χ4v) is 0.776. The van der Waals surface area contributed by atoms with Gasteiger partial charge in [-0.05, 0) is 6.42 Å². The predicted octanol–water partition coefficient (Wildman–Crippen LogP) is 2.93. The van der Waals surface area contributed by atoms with Gasteiger partial charge < -0.3 is 0 Å². The van der Waals surface area contributed by atoms with Crippen molar-refractivity contribution in [2.75, 3.05) is 6.67 Å². The minimum atomic E-state index is -0.492. The molecule has 0 aromatic carbocycles. The van der Waals surface area contributed by atoms with Crippen molar-refractivity contribution in [1.29, 1.82) is 0 Å². The predicted molar refractivity (Wildman–Crippen MR) is 42.5 cm³/mol. The standard InChI is InChI=1S/C9H15F/c1-2-3-4-5-6-7-8-9-10/h2-6,9H2,1H3. The number of hydrogen-bond donors (Lipinski definition) is 0. The van der Waals surface area contributed by atoms with Crippen LogP contribution in [-0.4, -0.2) is 6.67 Å². The lowest BCUT2D eigenvalue weighted by Crippen LogP contribution is -1.74. The summed E-state index contributed by atoms with van der Waals surface area (Å²) in [5.41, 5.74) is 0. The maximum atomic E-state index is 11.4. The molecule has 0 aliphatic rings. The Hall–Kier alpha value is -0.510. The van der Waals surface area contributed by atoms with E-state index >= 15 is 0 Å². The molecule has 0 aromatic heterocycles. The van der Waals surface area contributed by atoms with Gasteiger partial charge in [0.25, 0.3) is 0 Å². The van der Waals surface area contributed by atoms with E-state index in [4.69, 9.17) is 0 Å². The molecule has 0 bridgehead atoms. The number of hydrogen-bond acceptors (Lipinski definition) is 0. The van der Waals surface area contributed by atoms with Crippen molar-refractivity contribution in [2.45, 2.75) is 39.0 Å². The third-order valence-corrected chi connectivity index (χ3v) is 1.35. The third kappa shape index (κ3) is 7.49. The first-order valence-corrected chi connectivity index (χ1v) is 3.93. The average molecular weight is 142 g/mol. The second kappa shape index (κ2) is 8.49. The molecule has 0 saturated carbocycles. The first-order chi connectivity index (χ1) is 4.91. The zero-order valence-corrected chi connectivity index (χ0v) is 6.62. The molecule has 0 atom stereocenters. The van der Waals surface area contributed by atoms with E-state index in [0.29, 0.717) is 0 Å². The molecule has 0 aromatic rings. The van der Waals surface area contributed by atoms with Gasteiger partial charge in [0, 0.05) is 6.42 Å². The molecule has 0 unspecified atom stereocenters. The smallest absolute Gasteiger partial charge is 0.150 e. The van der Waals surface area contributed by atoms with E-state index in [1.165, 1.54) is 19.3 Å². The Bertz CT molecular complexity index is 108. The zero-order valence-electron chi connectivity index (χ0n) is 6.62. The van der Waals surface area contributed by atoms with E-state index in [0.717, 1.165) is 12.8 Å². The highest BCUT2D eigenvalue weighted by molar-refractivity contribution is 4.98. The Balaban J connectivity index is 2.90. The van der Waals surface area contributed by atoms with Gasteiger partial charge in [0.2, 0.25) is 0 Å². The fraction of sp³-hybridized carbons (Fsp3) is 0.778. The highest BCUT2D eigenvalue weighted by atomic mass is 19.1. The van der Waals surface area contributed by atoms with Crippen LogP contribution in [0.1, 0.15) is 39.0 Å². The number of alkyl halides is 1. The molecule has 0 rings (SSSR count). The summed E-state index contributed by atoms with van der Waals surface area (Å²) in [6.45, 7) is 1.68. The molecule has 0 heterocycles. The molecule has 0 aliphatic carbocycles. The maximum Gasteiger partial charge on any atom is 0.150 e. The Kier molecular flexibility index (Phi) is 8.06. The zero-order chi connectivity index (χ0) is 7.66. The summed E-state index contributed by atoms with van der Waals surface area (Å²) in [7, 11) is 0. The largest absolute Gasteiger partial charge is 0.237 e. The van der Waals surface area contributed by atoms with Gasteiger partial charge in [-0.1, -0.05) is 32.1 Å². The molecule has 1 heteroatoms. The second-order valence-electron chi connectivity index (χ2n) is 2.30. The van der Waals surface area contributed by atoms with Crippen LogP contribution in [-0.2, 0) is 0 Å².